The Labute approximate surface area is 87.1 Å². The minimum atomic E-state index is -0.116. The van der Waals surface area contributed by atoms with Crippen LogP contribution in [0.2, 0.25) is 5.15 Å². The van der Waals surface area contributed by atoms with E-state index in [4.69, 9.17) is 21.4 Å². The van der Waals surface area contributed by atoms with Gasteiger partial charge in [-0.3, -0.25) is 0 Å². The normalized spacial score (nSPS) is 12.3. The first-order valence-electron chi connectivity index (χ1n) is 4.11. The molecule has 0 aromatic carbocycles. The summed E-state index contributed by atoms with van der Waals surface area (Å²) in [4.78, 5) is 7.73. The minimum absolute atomic E-state index is 0.00474. The van der Waals surface area contributed by atoms with E-state index in [-0.39, 0.29) is 17.8 Å². The molecular formula is C8H12ClN3O2. The van der Waals surface area contributed by atoms with Crippen molar-refractivity contribution in [3.8, 4) is 5.75 Å². The molecule has 0 aliphatic rings. The van der Waals surface area contributed by atoms with E-state index in [1.54, 1.807) is 0 Å². The average molecular weight is 218 g/mol. The lowest BCUT2D eigenvalue weighted by Gasteiger charge is -2.14. The highest BCUT2D eigenvalue weighted by atomic mass is 35.5. The Morgan fingerprint density at radius 1 is 1.64 bits per heavy atom. The highest BCUT2D eigenvalue weighted by Crippen LogP contribution is 2.28. The summed E-state index contributed by atoms with van der Waals surface area (Å²) in [6, 6.07) is -0.116. The van der Waals surface area contributed by atoms with Crippen LogP contribution in [0.5, 0.6) is 5.75 Å². The summed E-state index contributed by atoms with van der Waals surface area (Å²) in [5.74, 6) is 0.864. The maximum Gasteiger partial charge on any atom is 0.198 e. The molecule has 0 saturated heterocycles. The largest absolute Gasteiger partial charge is 0.490 e. The van der Waals surface area contributed by atoms with E-state index in [0.29, 0.717) is 11.6 Å². The van der Waals surface area contributed by atoms with Gasteiger partial charge in [-0.2, -0.15) is 0 Å². The first kappa shape index (κ1) is 11.0. The molecule has 1 atom stereocenters. The quantitative estimate of drug-likeness (QED) is 0.735. The summed E-state index contributed by atoms with van der Waals surface area (Å²) in [7, 11) is 1.49. The second-order valence-electron chi connectivity index (χ2n) is 2.77. The predicted octanol–water partition coefficient (Wildman–Crippen LogP) is 0.931. The number of anilines is 1. The van der Waals surface area contributed by atoms with Crippen LogP contribution in [-0.2, 0) is 0 Å². The third-order valence-corrected chi connectivity index (χ3v) is 1.89. The molecular weight excluding hydrogens is 206 g/mol. The molecule has 2 N–H and O–H groups in total. The number of methoxy groups -OCH3 is 1. The maximum absolute atomic E-state index is 8.85. The van der Waals surface area contributed by atoms with Crippen LogP contribution in [-0.4, -0.2) is 34.8 Å². The van der Waals surface area contributed by atoms with E-state index < -0.39 is 0 Å². The summed E-state index contributed by atoms with van der Waals surface area (Å²) < 4.78 is 5.02. The van der Waals surface area contributed by atoms with Crippen LogP contribution in [0.25, 0.3) is 0 Å². The van der Waals surface area contributed by atoms with Gasteiger partial charge in [-0.15, -0.1) is 0 Å². The Balaban J connectivity index is 2.90. The number of aliphatic hydroxyl groups is 1. The number of aromatic nitrogens is 2. The predicted molar refractivity (Wildman–Crippen MR) is 53.8 cm³/mol. The lowest BCUT2D eigenvalue weighted by Crippen LogP contribution is -2.20. The van der Waals surface area contributed by atoms with Crippen LogP contribution in [0.3, 0.4) is 0 Å². The van der Waals surface area contributed by atoms with Gasteiger partial charge in [0.05, 0.1) is 13.7 Å². The Kier molecular flexibility index (Phi) is 3.91. The number of halogens is 1. The van der Waals surface area contributed by atoms with E-state index in [1.807, 2.05) is 6.92 Å². The van der Waals surface area contributed by atoms with Gasteiger partial charge in [-0.05, 0) is 6.92 Å². The molecule has 14 heavy (non-hydrogen) atoms. The number of nitrogens with one attached hydrogen (secondary N) is 1. The van der Waals surface area contributed by atoms with Gasteiger partial charge < -0.3 is 15.2 Å². The lowest BCUT2D eigenvalue weighted by molar-refractivity contribution is 0.281. The molecule has 5 nitrogen and oxygen atoms in total. The summed E-state index contributed by atoms with van der Waals surface area (Å²) in [5.41, 5.74) is 0. The monoisotopic (exact) mass is 217 g/mol. The van der Waals surface area contributed by atoms with Crippen molar-refractivity contribution in [1.82, 2.24) is 9.97 Å². The van der Waals surface area contributed by atoms with Crippen molar-refractivity contribution in [2.45, 2.75) is 13.0 Å². The number of ether oxygens (including phenoxy) is 1. The molecule has 1 rings (SSSR count). The van der Waals surface area contributed by atoms with Gasteiger partial charge in [0.15, 0.2) is 16.7 Å². The molecule has 0 aliphatic carbocycles. The fourth-order valence-corrected chi connectivity index (χ4v) is 1.13. The Morgan fingerprint density at radius 2 is 2.36 bits per heavy atom. The van der Waals surface area contributed by atoms with Crippen LogP contribution >= 0.6 is 11.6 Å². The van der Waals surface area contributed by atoms with E-state index in [0.717, 1.165) is 0 Å². The molecule has 6 heteroatoms. The van der Waals surface area contributed by atoms with Gasteiger partial charge in [0.1, 0.15) is 6.33 Å². The maximum atomic E-state index is 8.85. The third-order valence-electron chi connectivity index (χ3n) is 1.62. The molecule has 0 fully saturated rings. The molecule has 0 radical (unpaired) electrons. The molecule has 1 unspecified atom stereocenters. The topological polar surface area (TPSA) is 67.3 Å². The zero-order valence-corrected chi connectivity index (χ0v) is 8.75. The highest BCUT2D eigenvalue weighted by Gasteiger charge is 2.11. The first-order chi connectivity index (χ1) is 6.69. The van der Waals surface area contributed by atoms with Crippen molar-refractivity contribution in [2.24, 2.45) is 0 Å². The van der Waals surface area contributed by atoms with E-state index >= 15 is 0 Å². The van der Waals surface area contributed by atoms with Crippen molar-refractivity contribution >= 4 is 17.4 Å². The Hall–Kier alpha value is -1.07. The van der Waals surface area contributed by atoms with Gasteiger partial charge >= 0.3 is 0 Å². The SMILES string of the molecule is COc1c(Cl)ncnc1NC(C)CO. The molecule has 1 aromatic rings. The van der Waals surface area contributed by atoms with Gasteiger partial charge in [-0.25, -0.2) is 9.97 Å². The van der Waals surface area contributed by atoms with Crippen LogP contribution in [0.1, 0.15) is 6.92 Å². The van der Waals surface area contributed by atoms with Gasteiger partial charge in [0.2, 0.25) is 0 Å². The fraction of sp³-hybridized carbons (Fsp3) is 0.500. The van der Waals surface area contributed by atoms with Crippen molar-refractivity contribution < 1.29 is 9.84 Å². The third kappa shape index (κ3) is 2.46. The molecule has 0 saturated carbocycles. The molecule has 0 amide bonds. The highest BCUT2D eigenvalue weighted by molar-refractivity contribution is 6.31. The number of rotatable bonds is 4. The number of aliphatic hydroxyl groups excluding tert-OH is 1. The van der Waals surface area contributed by atoms with Crippen LogP contribution < -0.4 is 10.1 Å². The van der Waals surface area contributed by atoms with Gasteiger partial charge in [0.25, 0.3) is 0 Å². The molecule has 0 aliphatic heterocycles. The Bertz CT molecular complexity index is 309. The number of hydrogen-bond donors (Lipinski definition) is 2. The van der Waals surface area contributed by atoms with Crippen LogP contribution in [0, 0.1) is 0 Å². The number of nitrogens with zero attached hydrogens (tertiary/aromatic N) is 2. The standard InChI is InChI=1S/C8H12ClN3O2/c1-5(3-13)12-8-6(14-2)7(9)10-4-11-8/h4-5,13H,3H2,1-2H3,(H,10,11,12). The molecule has 1 heterocycles. The van der Waals surface area contributed by atoms with Crippen molar-refractivity contribution in [3.05, 3.63) is 11.5 Å². The lowest BCUT2D eigenvalue weighted by atomic mass is 10.3. The van der Waals surface area contributed by atoms with Crippen LogP contribution in [0.4, 0.5) is 5.82 Å². The average Bonchev–Trinajstić information content (AvgIpc) is 2.18. The minimum Gasteiger partial charge on any atom is -0.490 e. The zero-order valence-electron chi connectivity index (χ0n) is 7.99. The smallest absolute Gasteiger partial charge is 0.198 e. The first-order valence-corrected chi connectivity index (χ1v) is 4.48. The fourth-order valence-electron chi connectivity index (χ4n) is 0.915. The molecule has 0 spiro atoms. The molecule has 78 valence electrons. The van der Waals surface area contributed by atoms with Crippen molar-refractivity contribution in [3.63, 3.8) is 0 Å². The molecule has 1 aromatic heterocycles. The molecule has 0 bridgehead atoms. The Morgan fingerprint density at radius 3 is 2.93 bits per heavy atom. The van der Waals surface area contributed by atoms with Gasteiger partial charge in [0, 0.05) is 6.04 Å². The van der Waals surface area contributed by atoms with Crippen LogP contribution in [0.15, 0.2) is 6.33 Å². The summed E-state index contributed by atoms with van der Waals surface area (Å²) in [6.07, 6.45) is 1.33. The number of hydrogen-bond acceptors (Lipinski definition) is 5. The van der Waals surface area contributed by atoms with Crippen molar-refractivity contribution in [2.75, 3.05) is 19.0 Å². The summed E-state index contributed by atoms with van der Waals surface area (Å²) in [6.45, 7) is 1.82. The van der Waals surface area contributed by atoms with E-state index in [9.17, 15) is 0 Å². The van der Waals surface area contributed by atoms with E-state index in [1.165, 1.54) is 13.4 Å². The van der Waals surface area contributed by atoms with Crippen molar-refractivity contribution in [1.29, 1.82) is 0 Å². The van der Waals surface area contributed by atoms with E-state index in [2.05, 4.69) is 15.3 Å². The second kappa shape index (κ2) is 4.97. The zero-order chi connectivity index (χ0) is 10.6. The van der Waals surface area contributed by atoms with Gasteiger partial charge in [-0.1, -0.05) is 11.6 Å². The second-order valence-corrected chi connectivity index (χ2v) is 3.13. The summed E-state index contributed by atoms with van der Waals surface area (Å²) >= 11 is 5.78. The summed E-state index contributed by atoms with van der Waals surface area (Å²) in [5, 5.41) is 12.0.